The van der Waals surface area contributed by atoms with Crippen LogP contribution in [-0.2, 0) is 9.59 Å². The molecule has 0 spiro atoms. The Kier molecular flexibility index (Phi) is 9.45. The average Bonchev–Trinajstić information content (AvgIpc) is 2.60. The van der Waals surface area contributed by atoms with Gasteiger partial charge in [0.2, 0.25) is 0 Å². The number of allylic oxidation sites excluding steroid dienone is 2. The van der Waals surface area contributed by atoms with Crippen molar-refractivity contribution in [2.45, 2.75) is 46.0 Å². The maximum atomic E-state index is 10.8. The molecule has 0 bridgehead atoms. The van der Waals surface area contributed by atoms with Gasteiger partial charge in [-0.15, -0.1) is 0 Å². The number of carbonyl (C=O) groups is 2. The third kappa shape index (κ3) is 7.84. The van der Waals surface area contributed by atoms with Crippen LogP contribution >= 0.6 is 0 Å². The molecule has 0 aromatic rings. The van der Waals surface area contributed by atoms with Gasteiger partial charge in [-0.25, -0.2) is 4.79 Å². The van der Waals surface area contributed by atoms with Crippen LogP contribution in [0.5, 0.6) is 0 Å². The van der Waals surface area contributed by atoms with Crippen molar-refractivity contribution < 1.29 is 19.8 Å². The summed E-state index contributed by atoms with van der Waals surface area (Å²) >= 11 is 0. The summed E-state index contributed by atoms with van der Waals surface area (Å²) in [5.74, 6) is -2.06. The second-order valence-corrected chi connectivity index (χ2v) is 6.91. The van der Waals surface area contributed by atoms with Crippen LogP contribution in [0, 0.1) is 5.41 Å². The zero-order chi connectivity index (χ0) is 18.7. The van der Waals surface area contributed by atoms with Gasteiger partial charge in [-0.3, -0.25) is 4.79 Å². The first-order valence-corrected chi connectivity index (χ1v) is 9.17. The van der Waals surface area contributed by atoms with E-state index in [1.54, 1.807) is 0 Å². The van der Waals surface area contributed by atoms with E-state index in [4.69, 9.17) is 10.2 Å². The molecule has 1 aliphatic heterocycles. The maximum absolute atomic E-state index is 10.8. The van der Waals surface area contributed by atoms with E-state index in [1.807, 2.05) is 0 Å². The third-order valence-corrected chi connectivity index (χ3v) is 4.62. The Hall–Kier alpha value is -1.66. The highest BCUT2D eigenvalue weighted by molar-refractivity contribution is 5.90. The Morgan fingerprint density at radius 1 is 1.20 bits per heavy atom. The summed E-state index contributed by atoms with van der Waals surface area (Å²) in [6, 6.07) is 0. The largest absolute Gasteiger partial charge is 0.481 e. The van der Waals surface area contributed by atoms with Gasteiger partial charge in [-0.2, -0.15) is 0 Å². The standard InChI is InChI=1S/C10H22N2.C9H10O4/c1-2-3-4-5-8-12-9-6-11-7-10-12;1-9(8(12)13)4-2-3-6(5-9)7(10)11/h11H,2-10H2,1H3;2-4H,5H2,1H3,(H,10,11)(H,12,13). The van der Waals surface area contributed by atoms with Crippen LogP contribution in [0.1, 0.15) is 46.0 Å². The molecule has 0 radical (unpaired) electrons. The lowest BCUT2D eigenvalue weighted by Crippen LogP contribution is -2.43. The Bertz CT molecular complexity index is 496. The van der Waals surface area contributed by atoms with Crippen molar-refractivity contribution in [3.8, 4) is 0 Å². The zero-order valence-electron chi connectivity index (χ0n) is 15.5. The van der Waals surface area contributed by atoms with Crippen molar-refractivity contribution in [3.63, 3.8) is 0 Å². The molecule has 1 heterocycles. The van der Waals surface area contributed by atoms with Gasteiger partial charge in [0.25, 0.3) is 0 Å². The Labute approximate surface area is 150 Å². The molecule has 0 aromatic carbocycles. The van der Waals surface area contributed by atoms with Crippen LogP contribution in [0.4, 0.5) is 0 Å². The molecule has 0 saturated carbocycles. The number of rotatable bonds is 7. The van der Waals surface area contributed by atoms with E-state index < -0.39 is 17.4 Å². The third-order valence-electron chi connectivity index (χ3n) is 4.62. The lowest BCUT2D eigenvalue weighted by molar-refractivity contribution is -0.145. The van der Waals surface area contributed by atoms with Crippen molar-refractivity contribution >= 4 is 11.9 Å². The highest BCUT2D eigenvalue weighted by Gasteiger charge is 2.34. The van der Waals surface area contributed by atoms with Crippen LogP contribution < -0.4 is 5.32 Å². The predicted molar refractivity (Wildman–Crippen MR) is 98.7 cm³/mol. The summed E-state index contributed by atoms with van der Waals surface area (Å²) in [7, 11) is 0. The number of hydrogen-bond donors (Lipinski definition) is 3. The summed E-state index contributed by atoms with van der Waals surface area (Å²) < 4.78 is 0. The van der Waals surface area contributed by atoms with E-state index >= 15 is 0 Å². The Balaban J connectivity index is 0.000000251. The van der Waals surface area contributed by atoms with Crippen LogP contribution in [-0.4, -0.2) is 59.8 Å². The van der Waals surface area contributed by atoms with Gasteiger partial charge in [0, 0.05) is 31.8 Å². The topological polar surface area (TPSA) is 89.9 Å². The SMILES string of the molecule is CC1(C(=O)O)C=CC=C(C(=O)O)C1.CCCCCCN1CCNCC1. The lowest BCUT2D eigenvalue weighted by atomic mass is 9.80. The smallest absolute Gasteiger partial charge is 0.331 e. The molecule has 3 N–H and O–H groups in total. The molecule has 142 valence electrons. The number of nitrogens with one attached hydrogen (secondary N) is 1. The van der Waals surface area contributed by atoms with Crippen LogP contribution in [0.2, 0.25) is 0 Å². The molecule has 6 nitrogen and oxygen atoms in total. The van der Waals surface area contributed by atoms with Gasteiger partial charge < -0.3 is 20.4 Å². The summed E-state index contributed by atoms with van der Waals surface area (Å²) in [5, 5.41) is 20.9. The van der Waals surface area contributed by atoms with Crippen LogP contribution in [0.3, 0.4) is 0 Å². The van der Waals surface area contributed by atoms with Crippen molar-refractivity contribution in [1.29, 1.82) is 0 Å². The molecule has 1 saturated heterocycles. The van der Waals surface area contributed by atoms with Crippen molar-refractivity contribution in [1.82, 2.24) is 10.2 Å². The molecule has 2 rings (SSSR count). The fourth-order valence-corrected chi connectivity index (χ4v) is 2.88. The minimum Gasteiger partial charge on any atom is -0.481 e. The maximum Gasteiger partial charge on any atom is 0.331 e. The first-order valence-electron chi connectivity index (χ1n) is 9.17. The number of hydrogen-bond acceptors (Lipinski definition) is 4. The van der Waals surface area contributed by atoms with Gasteiger partial charge in [-0.1, -0.05) is 44.4 Å². The minimum atomic E-state index is -1.08. The fourth-order valence-electron chi connectivity index (χ4n) is 2.88. The van der Waals surface area contributed by atoms with Crippen molar-refractivity contribution in [2.75, 3.05) is 32.7 Å². The van der Waals surface area contributed by atoms with E-state index in [0.717, 1.165) is 0 Å². The number of carboxylic acids is 2. The molecule has 1 aliphatic carbocycles. The van der Waals surface area contributed by atoms with Crippen molar-refractivity contribution in [3.05, 3.63) is 23.8 Å². The molecule has 0 amide bonds. The molecular weight excluding hydrogens is 320 g/mol. The van der Waals surface area contributed by atoms with Gasteiger partial charge in [0.15, 0.2) is 0 Å². The predicted octanol–water partition coefficient (Wildman–Crippen LogP) is 2.52. The molecule has 2 aliphatic rings. The monoisotopic (exact) mass is 352 g/mol. The summed E-state index contributed by atoms with van der Waals surface area (Å²) in [6.07, 6.45) is 10.0. The normalized spacial score (nSPS) is 23.4. The molecule has 25 heavy (non-hydrogen) atoms. The minimum absolute atomic E-state index is 0.0359. The summed E-state index contributed by atoms with van der Waals surface area (Å²) in [4.78, 5) is 23.9. The molecule has 0 aromatic heterocycles. The molecule has 1 unspecified atom stereocenters. The first kappa shape index (κ1) is 21.4. The average molecular weight is 352 g/mol. The number of nitrogens with zero attached hydrogens (tertiary/aromatic N) is 1. The molecular formula is C19H32N2O4. The van der Waals surface area contributed by atoms with E-state index in [-0.39, 0.29) is 12.0 Å². The van der Waals surface area contributed by atoms with Crippen LogP contribution in [0.15, 0.2) is 23.8 Å². The number of piperazine rings is 1. The molecule has 1 fully saturated rings. The van der Waals surface area contributed by atoms with E-state index in [1.165, 1.54) is 83.6 Å². The summed E-state index contributed by atoms with van der Waals surface area (Å²) in [5.41, 5.74) is -0.949. The van der Waals surface area contributed by atoms with E-state index in [9.17, 15) is 9.59 Å². The first-order chi connectivity index (χ1) is 11.9. The molecule has 1 atom stereocenters. The van der Waals surface area contributed by atoms with E-state index in [0.29, 0.717) is 0 Å². The highest BCUT2D eigenvalue weighted by atomic mass is 16.4. The number of aliphatic carboxylic acids is 2. The fraction of sp³-hybridized carbons (Fsp3) is 0.684. The zero-order valence-corrected chi connectivity index (χ0v) is 15.5. The quantitative estimate of drug-likeness (QED) is 0.610. The second kappa shape index (κ2) is 11.1. The van der Waals surface area contributed by atoms with Gasteiger partial charge in [0.1, 0.15) is 0 Å². The Morgan fingerprint density at radius 2 is 1.88 bits per heavy atom. The molecule has 6 heteroatoms. The summed E-state index contributed by atoms with van der Waals surface area (Å²) in [6.45, 7) is 9.98. The van der Waals surface area contributed by atoms with Crippen LogP contribution in [0.25, 0.3) is 0 Å². The number of carboxylic acid groups (broad SMARTS) is 2. The Morgan fingerprint density at radius 3 is 2.44 bits per heavy atom. The van der Waals surface area contributed by atoms with Gasteiger partial charge in [-0.05, 0) is 26.3 Å². The van der Waals surface area contributed by atoms with Crippen molar-refractivity contribution in [2.24, 2.45) is 5.41 Å². The van der Waals surface area contributed by atoms with E-state index in [2.05, 4.69) is 17.1 Å². The lowest BCUT2D eigenvalue weighted by Gasteiger charge is -2.26. The van der Waals surface area contributed by atoms with Gasteiger partial charge >= 0.3 is 11.9 Å². The number of unbranched alkanes of at least 4 members (excludes halogenated alkanes) is 3. The van der Waals surface area contributed by atoms with Gasteiger partial charge in [0.05, 0.1) is 5.41 Å². The second-order valence-electron chi connectivity index (χ2n) is 6.91. The highest BCUT2D eigenvalue weighted by Crippen LogP contribution is 2.31.